The number of hydrogen-bond donors (Lipinski definition) is 3. The van der Waals surface area contributed by atoms with Crippen LogP contribution < -0.4 is 10.6 Å². The van der Waals surface area contributed by atoms with Gasteiger partial charge in [0.1, 0.15) is 12.1 Å². The lowest BCUT2D eigenvalue weighted by Gasteiger charge is -2.26. The number of rotatable bonds is 7. The maximum Gasteiger partial charge on any atom is 0.407 e. The standard InChI is InChI=1S/C14H26N2O6/c1-6-7-9(16-13(20)22-14(2,3)4)11(18)12(19)15-8-10(17)21-5/h9,11,18H,6-8H2,1-5H3,(H,15,19)(H,16,20). The molecule has 0 saturated heterocycles. The van der Waals surface area contributed by atoms with E-state index in [1.807, 2.05) is 6.92 Å². The zero-order valence-corrected chi connectivity index (χ0v) is 13.8. The second kappa shape index (κ2) is 9.24. The molecule has 3 N–H and O–H groups in total. The van der Waals surface area contributed by atoms with Crippen LogP contribution >= 0.6 is 0 Å². The predicted octanol–water partition coefficient (Wildman–Crippen LogP) is 0.330. The van der Waals surface area contributed by atoms with Gasteiger partial charge in [0.25, 0.3) is 5.91 Å². The van der Waals surface area contributed by atoms with Crippen molar-refractivity contribution in [3.05, 3.63) is 0 Å². The van der Waals surface area contributed by atoms with Crippen molar-refractivity contribution in [1.82, 2.24) is 10.6 Å². The molecule has 0 saturated carbocycles. The van der Waals surface area contributed by atoms with Crippen molar-refractivity contribution in [3.8, 4) is 0 Å². The largest absolute Gasteiger partial charge is 0.468 e. The Morgan fingerprint density at radius 1 is 1.23 bits per heavy atom. The minimum atomic E-state index is -1.49. The van der Waals surface area contributed by atoms with Crippen LogP contribution in [0.1, 0.15) is 40.5 Å². The molecule has 8 heteroatoms. The summed E-state index contributed by atoms with van der Waals surface area (Å²) in [5.74, 6) is -1.40. The summed E-state index contributed by atoms with van der Waals surface area (Å²) in [6, 6.07) is -0.808. The zero-order chi connectivity index (χ0) is 17.3. The van der Waals surface area contributed by atoms with Gasteiger partial charge in [0.2, 0.25) is 0 Å². The highest BCUT2D eigenvalue weighted by Crippen LogP contribution is 2.09. The van der Waals surface area contributed by atoms with Crippen LogP contribution in [-0.2, 0) is 19.1 Å². The van der Waals surface area contributed by atoms with Crippen LogP contribution in [0.4, 0.5) is 4.79 Å². The summed E-state index contributed by atoms with van der Waals surface area (Å²) in [6.45, 7) is 6.63. The Kier molecular flexibility index (Phi) is 8.47. The van der Waals surface area contributed by atoms with E-state index < -0.39 is 35.7 Å². The zero-order valence-electron chi connectivity index (χ0n) is 13.8. The number of methoxy groups -OCH3 is 1. The van der Waals surface area contributed by atoms with Crippen LogP contribution in [-0.4, -0.2) is 54.5 Å². The molecular weight excluding hydrogens is 292 g/mol. The second-order valence-electron chi connectivity index (χ2n) is 5.78. The molecule has 128 valence electrons. The van der Waals surface area contributed by atoms with Crippen molar-refractivity contribution in [2.45, 2.75) is 58.3 Å². The highest BCUT2D eigenvalue weighted by molar-refractivity contribution is 5.85. The molecule has 0 aliphatic rings. The summed E-state index contributed by atoms with van der Waals surface area (Å²) in [5, 5.41) is 14.7. The van der Waals surface area contributed by atoms with E-state index in [0.717, 1.165) is 0 Å². The van der Waals surface area contributed by atoms with Gasteiger partial charge < -0.3 is 25.2 Å². The van der Waals surface area contributed by atoms with E-state index in [9.17, 15) is 19.5 Å². The summed E-state index contributed by atoms with van der Waals surface area (Å²) in [7, 11) is 1.19. The number of aliphatic hydroxyl groups excluding tert-OH is 1. The number of nitrogens with one attached hydrogen (secondary N) is 2. The molecule has 2 amide bonds. The van der Waals surface area contributed by atoms with Crippen LogP contribution in [0.5, 0.6) is 0 Å². The monoisotopic (exact) mass is 318 g/mol. The maximum absolute atomic E-state index is 11.8. The van der Waals surface area contributed by atoms with Crippen LogP contribution in [0.3, 0.4) is 0 Å². The Bertz CT molecular complexity index is 391. The van der Waals surface area contributed by atoms with Crippen LogP contribution in [0, 0.1) is 0 Å². The first-order valence-electron chi connectivity index (χ1n) is 7.12. The molecule has 0 fully saturated rings. The fraction of sp³-hybridized carbons (Fsp3) is 0.786. The normalized spacial score (nSPS) is 13.7. The molecule has 2 atom stereocenters. The van der Waals surface area contributed by atoms with E-state index in [-0.39, 0.29) is 6.54 Å². The van der Waals surface area contributed by atoms with Crippen molar-refractivity contribution >= 4 is 18.0 Å². The molecule has 0 aliphatic carbocycles. The predicted molar refractivity (Wildman–Crippen MR) is 79.1 cm³/mol. The Hall–Kier alpha value is -1.83. The fourth-order valence-corrected chi connectivity index (χ4v) is 1.60. The number of carbonyl (C=O) groups is 3. The van der Waals surface area contributed by atoms with Crippen molar-refractivity contribution < 1.29 is 29.0 Å². The van der Waals surface area contributed by atoms with Gasteiger partial charge in [-0.3, -0.25) is 9.59 Å². The summed E-state index contributed by atoms with van der Waals surface area (Å²) >= 11 is 0. The van der Waals surface area contributed by atoms with Crippen LogP contribution in [0.15, 0.2) is 0 Å². The molecule has 0 spiro atoms. The summed E-state index contributed by atoms with van der Waals surface area (Å²) < 4.78 is 9.48. The Labute approximate surface area is 130 Å². The van der Waals surface area contributed by atoms with E-state index in [1.165, 1.54) is 7.11 Å². The maximum atomic E-state index is 11.8. The SMILES string of the molecule is CCCC(NC(=O)OC(C)(C)C)C(O)C(=O)NCC(=O)OC. The molecule has 0 aromatic rings. The van der Waals surface area contributed by atoms with Crippen LogP contribution in [0.2, 0.25) is 0 Å². The van der Waals surface area contributed by atoms with Crippen LogP contribution in [0.25, 0.3) is 0 Å². The number of hydrogen-bond acceptors (Lipinski definition) is 6. The lowest BCUT2D eigenvalue weighted by molar-refractivity contribution is -0.142. The average molecular weight is 318 g/mol. The lowest BCUT2D eigenvalue weighted by Crippen LogP contribution is -2.52. The average Bonchev–Trinajstić information content (AvgIpc) is 2.40. The third-order valence-electron chi connectivity index (χ3n) is 2.59. The number of esters is 1. The number of ether oxygens (including phenoxy) is 2. The van der Waals surface area contributed by atoms with Gasteiger partial charge in [0, 0.05) is 0 Å². The van der Waals surface area contributed by atoms with Crippen molar-refractivity contribution in [2.24, 2.45) is 0 Å². The van der Waals surface area contributed by atoms with Gasteiger partial charge in [0.05, 0.1) is 13.2 Å². The molecule has 8 nitrogen and oxygen atoms in total. The molecule has 22 heavy (non-hydrogen) atoms. The van der Waals surface area contributed by atoms with E-state index in [2.05, 4.69) is 15.4 Å². The molecule has 0 aromatic heterocycles. The first-order chi connectivity index (χ1) is 10.1. The Morgan fingerprint density at radius 2 is 1.82 bits per heavy atom. The van der Waals surface area contributed by atoms with Gasteiger partial charge in [-0.2, -0.15) is 0 Å². The quantitative estimate of drug-likeness (QED) is 0.583. The smallest absolute Gasteiger partial charge is 0.407 e. The summed E-state index contributed by atoms with van der Waals surface area (Å²) in [6.07, 6.45) is -1.18. The van der Waals surface area contributed by atoms with Gasteiger partial charge in [-0.05, 0) is 27.2 Å². The van der Waals surface area contributed by atoms with Gasteiger partial charge in [-0.15, -0.1) is 0 Å². The lowest BCUT2D eigenvalue weighted by atomic mass is 10.1. The highest BCUT2D eigenvalue weighted by atomic mass is 16.6. The fourth-order valence-electron chi connectivity index (χ4n) is 1.60. The van der Waals surface area contributed by atoms with Gasteiger partial charge >= 0.3 is 12.1 Å². The molecule has 0 rings (SSSR count). The highest BCUT2D eigenvalue weighted by Gasteiger charge is 2.29. The first-order valence-corrected chi connectivity index (χ1v) is 7.12. The number of aliphatic hydroxyl groups is 1. The Balaban J connectivity index is 4.61. The molecule has 0 radical (unpaired) electrons. The minimum Gasteiger partial charge on any atom is -0.468 e. The van der Waals surface area contributed by atoms with E-state index in [0.29, 0.717) is 12.8 Å². The van der Waals surface area contributed by atoms with E-state index >= 15 is 0 Å². The van der Waals surface area contributed by atoms with E-state index in [4.69, 9.17) is 4.74 Å². The molecule has 0 heterocycles. The molecule has 0 bridgehead atoms. The van der Waals surface area contributed by atoms with Gasteiger partial charge in [-0.25, -0.2) is 4.79 Å². The van der Waals surface area contributed by atoms with Crippen molar-refractivity contribution in [2.75, 3.05) is 13.7 Å². The van der Waals surface area contributed by atoms with Gasteiger partial charge in [-0.1, -0.05) is 13.3 Å². The Morgan fingerprint density at radius 3 is 2.27 bits per heavy atom. The molecule has 0 aromatic carbocycles. The summed E-state index contributed by atoms with van der Waals surface area (Å²) in [5.41, 5.74) is -0.682. The van der Waals surface area contributed by atoms with Crippen molar-refractivity contribution in [3.63, 3.8) is 0 Å². The minimum absolute atomic E-state index is 0.350. The molecular formula is C14H26N2O6. The van der Waals surface area contributed by atoms with Crippen molar-refractivity contribution in [1.29, 1.82) is 0 Å². The number of amides is 2. The van der Waals surface area contributed by atoms with E-state index in [1.54, 1.807) is 20.8 Å². The first kappa shape index (κ1) is 20.2. The topological polar surface area (TPSA) is 114 Å². The third-order valence-corrected chi connectivity index (χ3v) is 2.59. The number of carbonyl (C=O) groups excluding carboxylic acids is 3. The number of alkyl carbamates (subject to hydrolysis) is 1. The second-order valence-corrected chi connectivity index (χ2v) is 5.78. The van der Waals surface area contributed by atoms with Gasteiger partial charge in [0.15, 0.2) is 6.10 Å². The molecule has 2 unspecified atom stereocenters. The summed E-state index contributed by atoms with van der Waals surface area (Å²) in [4.78, 5) is 34.5. The third kappa shape index (κ3) is 8.46. The molecule has 0 aliphatic heterocycles.